The summed E-state index contributed by atoms with van der Waals surface area (Å²) in [5.74, 6) is -0.0618. The lowest BCUT2D eigenvalue weighted by Gasteiger charge is -2.28. The molecule has 1 amide bonds. The minimum Gasteiger partial charge on any atom is -0.361 e. The highest BCUT2D eigenvalue weighted by Gasteiger charge is 2.26. The van der Waals surface area contributed by atoms with Crippen molar-refractivity contribution in [2.45, 2.75) is 19.6 Å². The van der Waals surface area contributed by atoms with Gasteiger partial charge in [0.1, 0.15) is 6.17 Å². The number of aryl methyl sites for hydroxylation is 1. The zero-order valence-electron chi connectivity index (χ0n) is 13.4. The first-order valence-corrected chi connectivity index (χ1v) is 7.94. The molecule has 0 bridgehead atoms. The molecule has 1 unspecified atom stereocenters. The lowest BCUT2D eigenvalue weighted by molar-refractivity contribution is 0.0935. The molecule has 1 aliphatic heterocycles. The second-order valence-electron chi connectivity index (χ2n) is 6.01. The number of hydrogen-bond donors (Lipinski definition) is 2. The predicted octanol–water partition coefficient (Wildman–Crippen LogP) is 3.09. The fourth-order valence-corrected chi connectivity index (χ4v) is 2.99. The second kappa shape index (κ2) is 5.85. The van der Waals surface area contributed by atoms with Gasteiger partial charge in [0.2, 0.25) is 0 Å². The van der Waals surface area contributed by atoms with Crippen LogP contribution in [0, 0.1) is 6.92 Å². The van der Waals surface area contributed by atoms with Crippen LogP contribution >= 0.6 is 0 Å². The SMILES string of the molecule is Cc1cccc2c1NC(c1cnn(Cc3ccccc3)c1)NC2=O. The van der Waals surface area contributed by atoms with Crippen LogP contribution in [0.25, 0.3) is 0 Å². The Morgan fingerprint density at radius 2 is 1.92 bits per heavy atom. The first-order valence-electron chi connectivity index (χ1n) is 7.94. The number of amides is 1. The molecule has 3 aromatic rings. The van der Waals surface area contributed by atoms with Crippen molar-refractivity contribution in [3.63, 3.8) is 0 Å². The molecule has 2 heterocycles. The van der Waals surface area contributed by atoms with E-state index in [1.807, 2.05) is 54.2 Å². The van der Waals surface area contributed by atoms with Gasteiger partial charge < -0.3 is 10.6 Å². The number of carbonyl (C=O) groups is 1. The van der Waals surface area contributed by atoms with Crippen molar-refractivity contribution in [3.8, 4) is 0 Å². The van der Waals surface area contributed by atoms with Crippen LogP contribution in [0.2, 0.25) is 0 Å². The zero-order chi connectivity index (χ0) is 16.5. The number of benzene rings is 2. The molecule has 0 radical (unpaired) electrons. The van der Waals surface area contributed by atoms with E-state index in [9.17, 15) is 4.79 Å². The van der Waals surface area contributed by atoms with Crippen LogP contribution in [0.4, 0.5) is 5.69 Å². The quantitative estimate of drug-likeness (QED) is 0.780. The zero-order valence-corrected chi connectivity index (χ0v) is 13.4. The summed E-state index contributed by atoms with van der Waals surface area (Å²) in [6.07, 6.45) is 3.49. The number of nitrogens with one attached hydrogen (secondary N) is 2. The Labute approximate surface area is 140 Å². The molecule has 120 valence electrons. The number of anilines is 1. The molecule has 24 heavy (non-hydrogen) atoms. The number of carbonyl (C=O) groups excluding carboxylic acids is 1. The molecule has 5 heteroatoms. The van der Waals surface area contributed by atoms with Gasteiger partial charge in [0, 0.05) is 11.8 Å². The van der Waals surface area contributed by atoms with E-state index >= 15 is 0 Å². The Bertz CT molecular complexity index is 885. The Morgan fingerprint density at radius 1 is 1.08 bits per heavy atom. The van der Waals surface area contributed by atoms with Crippen LogP contribution < -0.4 is 10.6 Å². The van der Waals surface area contributed by atoms with Crippen LogP contribution in [0.3, 0.4) is 0 Å². The minimum absolute atomic E-state index is 0.0618. The lowest BCUT2D eigenvalue weighted by Crippen LogP contribution is -2.38. The van der Waals surface area contributed by atoms with Gasteiger partial charge in [-0.05, 0) is 24.1 Å². The van der Waals surface area contributed by atoms with E-state index in [1.54, 1.807) is 6.20 Å². The summed E-state index contributed by atoms with van der Waals surface area (Å²) in [6.45, 7) is 2.71. The van der Waals surface area contributed by atoms with E-state index in [0.717, 1.165) is 16.8 Å². The molecule has 0 fully saturated rings. The molecular weight excluding hydrogens is 300 g/mol. The number of hydrogen-bond acceptors (Lipinski definition) is 3. The van der Waals surface area contributed by atoms with Gasteiger partial charge in [-0.2, -0.15) is 5.10 Å². The Morgan fingerprint density at radius 3 is 2.75 bits per heavy atom. The molecule has 0 saturated heterocycles. The summed E-state index contributed by atoms with van der Waals surface area (Å²) in [7, 11) is 0. The summed E-state index contributed by atoms with van der Waals surface area (Å²) in [5.41, 5.74) is 4.76. The average Bonchev–Trinajstić information content (AvgIpc) is 3.05. The van der Waals surface area contributed by atoms with Crippen LogP contribution in [-0.4, -0.2) is 15.7 Å². The van der Waals surface area contributed by atoms with Gasteiger partial charge in [0.15, 0.2) is 0 Å². The first-order chi connectivity index (χ1) is 11.7. The number of rotatable bonds is 3. The molecule has 0 aliphatic carbocycles. The van der Waals surface area contributed by atoms with Gasteiger partial charge in [-0.15, -0.1) is 0 Å². The highest BCUT2D eigenvalue weighted by molar-refractivity contribution is 6.02. The third-order valence-corrected chi connectivity index (χ3v) is 4.26. The van der Waals surface area contributed by atoms with E-state index in [1.165, 1.54) is 5.56 Å². The van der Waals surface area contributed by atoms with Crippen LogP contribution in [0.15, 0.2) is 60.9 Å². The molecule has 1 aromatic heterocycles. The summed E-state index contributed by atoms with van der Waals surface area (Å²) >= 11 is 0. The predicted molar refractivity (Wildman–Crippen MR) is 92.8 cm³/mol. The van der Waals surface area contributed by atoms with Gasteiger partial charge >= 0.3 is 0 Å². The molecule has 2 N–H and O–H groups in total. The Balaban J connectivity index is 1.57. The molecule has 0 saturated carbocycles. The molecule has 0 spiro atoms. The Hall–Kier alpha value is -3.08. The average molecular weight is 318 g/mol. The minimum atomic E-state index is -0.268. The van der Waals surface area contributed by atoms with Crippen LogP contribution in [0.1, 0.15) is 33.2 Å². The fourth-order valence-electron chi connectivity index (χ4n) is 2.99. The molecule has 2 aromatic carbocycles. The molecule has 4 rings (SSSR count). The highest BCUT2D eigenvalue weighted by Crippen LogP contribution is 2.29. The van der Waals surface area contributed by atoms with Crippen molar-refractivity contribution in [2.75, 3.05) is 5.32 Å². The van der Waals surface area contributed by atoms with Gasteiger partial charge in [0.05, 0.1) is 24.0 Å². The lowest BCUT2D eigenvalue weighted by atomic mass is 10.0. The summed E-state index contributed by atoms with van der Waals surface area (Å²) < 4.78 is 1.88. The number of fused-ring (bicyclic) bond motifs is 1. The van der Waals surface area contributed by atoms with Crippen LogP contribution in [-0.2, 0) is 6.54 Å². The summed E-state index contributed by atoms with van der Waals surface area (Å²) in [4.78, 5) is 12.3. The van der Waals surface area contributed by atoms with Crippen molar-refractivity contribution in [1.82, 2.24) is 15.1 Å². The normalized spacial score (nSPS) is 16.2. The van der Waals surface area contributed by atoms with E-state index in [4.69, 9.17) is 0 Å². The largest absolute Gasteiger partial charge is 0.361 e. The van der Waals surface area contributed by atoms with Crippen molar-refractivity contribution >= 4 is 11.6 Å². The molecule has 1 atom stereocenters. The van der Waals surface area contributed by atoms with E-state index < -0.39 is 0 Å². The third kappa shape index (κ3) is 2.65. The number of para-hydroxylation sites is 1. The van der Waals surface area contributed by atoms with Gasteiger partial charge in [-0.1, -0.05) is 42.5 Å². The second-order valence-corrected chi connectivity index (χ2v) is 6.01. The van der Waals surface area contributed by atoms with Crippen molar-refractivity contribution in [2.24, 2.45) is 0 Å². The van der Waals surface area contributed by atoms with Gasteiger partial charge in [-0.3, -0.25) is 9.48 Å². The van der Waals surface area contributed by atoms with Crippen molar-refractivity contribution in [1.29, 1.82) is 0 Å². The van der Waals surface area contributed by atoms with Crippen molar-refractivity contribution in [3.05, 3.63) is 83.2 Å². The summed E-state index contributed by atoms with van der Waals surface area (Å²) in [5, 5.41) is 10.8. The Kier molecular flexibility index (Phi) is 3.54. The van der Waals surface area contributed by atoms with Crippen molar-refractivity contribution < 1.29 is 4.79 Å². The number of aromatic nitrogens is 2. The third-order valence-electron chi connectivity index (χ3n) is 4.26. The van der Waals surface area contributed by atoms with E-state index in [2.05, 4.69) is 27.9 Å². The van der Waals surface area contributed by atoms with E-state index in [-0.39, 0.29) is 12.1 Å². The van der Waals surface area contributed by atoms with Gasteiger partial charge in [0.25, 0.3) is 5.91 Å². The standard InChI is InChI=1S/C19H18N4O/c1-13-6-5-9-16-17(13)21-18(22-19(16)24)15-10-20-23(12-15)11-14-7-3-2-4-8-14/h2-10,12,18,21H,11H2,1H3,(H,22,24). The topological polar surface area (TPSA) is 59.0 Å². The van der Waals surface area contributed by atoms with Gasteiger partial charge in [-0.25, -0.2) is 0 Å². The maximum Gasteiger partial charge on any atom is 0.255 e. The highest BCUT2D eigenvalue weighted by atomic mass is 16.2. The molecular formula is C19H18N4O. The first kappa shape index (κ1) is 14.5. The van der Waals surface area contributed by atoms with Crippen LogP contribution in [0.5, 0.6) is 0 Å². The maximum absolute atomic E-state index is 12.3. The smallest absolute Gasteiger partial charge is 0.255 e. The summed E-state index contributed by atoms with van der Waals surface area (Å²) in [6, 6.07) is 15.9. The van der Waals surface area contributed by atoms with E-state index in [0.29, 0.717) is 12.1 Å². The monoisotopic (exact) mass is 318 g/mol. The molecule has 1 aliphatic rings. The fraction of sp³-hybridized carbons (Fsp3) is 0.158. The number of nitrogens with zero attached hydrogens (tertiary/aromatic N) is 2. The molecule has 5 nitrogen and oxygen atoms in total. The maximum atomic E-state index is 12.3.